The van der Waals surface area contributed by atoms with Gasteiger partial charge in [0.25, 0.3) is 0 Å². The summed E-state index contributed by atoms with van der Waals surface area (Å²) in [5.41, 5.74) is 2.13. The van der Waals surface area contributed by atoms with E-state index in [9.17, 15) is 0 Å². The van der Waals surface area contributed by atoms with E-state index in [0.717, 1.165) is 10.6 Å². The van der Waals surface area contributed by atoms with E-state index in [2.05, 4.69) is 9.97 Å². The zero-order valence-electron chi connectivity index (χ0n) is 7.03. The average molecular weight is 189 g/mol. The van der Waals surface area contributed by atoms with E-state index in [1.54, 1.807) is 17.5 Å². The van der Waals surface area contributed by atoms with Crippen LogP contribution in [0.1, 0.15) is 11.4 Å². The van der Waals surface area contributed by atoms with Crippen LogP contribution >= 0.6 is 11.3 Å². The molecule has 0 spiro atoms. The minimum absolute atomic E-state index is 0.364. The molecule has 0 saturated carbocycles. The molecule has 0 bridgehead atoms. The number of imidazole rings is 1. The van der Waals surface area contributed by atoms with Gasteiger partial charge in [0, 0.05) is 0 Å². The summed E-state index contributed by atoms with van der Waals surface area (Å²) in [6, 6.07) is 4.02. The zero-order chi connectivity index (χ0) is 9.26. The maximum Gasteiger partial charge on any atom is 0.210 e. The largest absolute Gasteiger partial charge is 0.329 e. The third-order valence-corrected chi connectivity index (χ3v) is 2.84. The average Bonchev–Trinajstić information content (AvgIpc) is 2.71. The molecule has 13 heavy (non-hydrogen) atoms. The lowest BCUT2D eigenvalue weighted by atomic mass is 10.2. The molecule has 2 aromatic heterocycles. The molecule has 0 aliphatic heterocycles. The van der Waals surface area contributed by atoms with Crippen LogP contribution in [0.2, 0.25) is 0 Å². The first-order valence-corrected chi connectivity index (χ1v) is 4.69. The molecule has 0 aliphatic rings. The highest BCUT2D eigenvalue weighted by molar-refractivity contribution is 7.13. The van der Waals surface area contributed by atoms with Crippen LogP contribution < -0.4 is 0 Å². The lowest BCUT2D eigenvalue weighted by Crippen LogP contribution is -1.76. The molecule has 2 heterocycles. The van der Waals surface area contributed by atoms with Crippen molar-refractivity contribution in [2.45, 2.75) is 6.92 Å². The Bertz CT molecular complexity index is 461. The SMILES string of the molecule is Cc1ccsc1-c1cnc(C#N)[nH]1. The van der Waals surface area contributed by atoms with Crippen molar-refractivity contribution < 1.29 is 0 Å². The third-order valence-electron chi connectivity index (χ3n) is 1.79. The van der Waals surface area contributed by atoms with Crippen molar-refractivity contribution >= 4 is 11.3 Å². The van der Waals surface area contributed by atoms with Crippen molar-refractivity contribution in [3.05, 3.63) is 29.0 Å². The monoisotopic (exact) mass is 189 g/mol. The number of aromatic amines is 1. The van der Waals surface area contributed by atoms with Crippen LogP contribution in [0.15, 0.2) is 17.6 Å². The van der Waals surface area contributed by atoms with E-state index in [4.69, 9.17) is 5.26 Å². The highest BCUT2D eigenvalue weighted by atomic mass is 32.1. The predicted octanol–water partition coefficient (Wildman–Crippen LogP) is 2.32. The number of thiophene rings is 1. The number of nitrogens with one attached hydrogen (secondary N) is 1. The van der Waals surface area contributed by atoms with Gasteiger partial charge in [0.15, 0.2) is 0 Å². The maximum atomic E-state index is 8.58. The van der Waals surface area contributed by atoms with E-state index in [1.165, 1.54) is 5.56 Å². The summed E-state index contributed by atoms with van der Waals surface area (Å²) >= 11 is 1.65. The first-order chi connectivity index (χ1) is 6.31. The molecule has 0 radical (unpaired) electrons. The normalized spacial score (nSPS) is 9.85. The van der Waals surface area contributed by atoms with Gasteiger partial charge in [-0.1, -0.05) is 0 Å². The Kier molecular flexibility index (Phi) is 1.87. The predicted molar refractivity (Wildman–Crippen MR) is 51.4 cm³/mol. The summed E-state index contributed by atoms with van der Waals surface area (Å²) in [5.74, 6) is 0.364. The van der Waals surface area contributed by atoms with Gasteiger partial charge >= 0.3 is 0 Å². The van der Waals surface area contributed by atoms with Crippen LogP contribution in [-0.4, -0.2) is 9.97 Å². The van der Waals surface area contributed by atoms with E-state index in [1.807, 2.05) is 24.4 Å². The van der Waals surface area contributed by atoms with Gasteiger partial charge in [-0.3, -0.25) is 0 Å². The van der Waals surface area contributed by atoms with Crippen molar-refractivity contribution in [3.63, 3.8) is 0 Å². The Hall–Kier alpha value is -1.60. The summed E-state index contributed by atoms with van der Waals surface area (Å²) in [6.07, 6.45) is 1.69. The molecule has 0 saturated heterocycles. The van der Waals surface area contributed by atoms with E-state index >= 15 is 0 Å². The molecule has 0 atom stereocenters. The molecule has 2 rings (SSSR count). The van der Waals surface area contributed by atoms with Crippen molar-refractivity contribution in [3.8, 4) is 16.6 Å². The van der Waals surface area contributed by atoms with E-state index in [0.29, 0.717) is 5.82 Å². The Morgan fingerprint density at radius 2 is 2.46 bits per heavy atom. The molecular weight excluding hydrogens is 182 g/mol. The van der Waals surface area contributed by atoms with Crippen molar-refractivity contribution in [2.75, 3.05) is 0 Å². The van der Waals surface area contributed by atoms with Gasteiger partial charge in [0.1, 0.15) is 6.07 Å². The number of hydrogen-bond donors (Lipinski definition) is 1. The molecule has 0 aliphatic carbocycles. The molecule has 0 amide bonds. The highest BCUT2D eigenvalue weighted by Crippen LogP contribution is 2.26. The minimum atomic E-state index is 0.364. The van der Waals surface area contributed by atoms with Gasteiger partial charge < -0.3 is 4.98 Å². The Morgan fingerprint density at radius 3 is 3.00 bits per heavy atom. The first kappa shape index (κ1) is 8.02. The molecule has 2 aromatic rings. The fraction of sp³-hybridized carbons (Fsp3) is 0.111. The van der Waals surface area contributed by atoms with Gasteiger partial charge in [-0.15, -0.1) is 11.3 Å². The Labute approximate surface area is 79.7 Å². The second-order valence-electron chi connectivity index (χ2n) is 2.69. The summed E-state index contributed by atoms with van der Waals surface area (Å²) in [6.45, 7) is 2.04. The van der Waals surface area contributed by atoms with E-state index in [-0.39, 0.29) is 0 Å². The maximum absolute atomic E-state index is 8.58. The van der Waals surface area contributed by atoms with Gasteiger partial charge in [0.05, 0.1) is 16.8 Å². The second kappa shape index (κ2) is 3.04. The number of hydrogen-bond acceptors (Lipinski definition) is 3. The van der Waals surface area contributed by atoms with Gasteiger partial charge in [0.2, 0.25) is 5.82 Å². The van der Waals surface area contributed by atoms with Crippen molar-refractivity contribution in [1.82, 2.24) is 9.97 Å². The van der Waals surface area contributed by atoms with Crippen LogP contribution in [0.25, 0.3) is 10.6 Å². The highest BCUT2D eigenvalue weighted by Gasteiger charge is 2.06. The molecule has 1 N–H and O–H groups in total. The quantitative estimate of drug-likeness (QED) is 0.748. The van der Waals surface area contributed by atoms with Crippen molar-refractivity contribution in [2.24, 2.45) is 0 Å². The molecule has 64 valence electrons. The fourth-order valence-electron chi connectivity index (χ4n) is 1.14. The number of nitrogens with zero attached hydrogens (tertiary/aromatic N) is 2. The summed E-state index contributed by atoms with van der Waals surface area (Å²) in [5, 5.41) is 10.6. The summed E-state index contributed by atoms with van der Waals surface area (Å²) in [7, 11) is 0. The van der Waals surface area contributed by atoms with E-state index < -0.39 is 0 Å². The third kappa shape index (κ3) is 1.34. The lowest BCUT2D eigenvalue weighted by molar-refractivity contribution is 1.23. The minimum Gasteiger partial charge on any atom is -0.329 e. The number of aryl methyl sites for hydroxylation is 1. The number of nitriles is 1. The molecule has 4 heteroatoms. The first-order valence-electron chi connectivity index (χ1n) is 3.81. The molecule has 0 aromatic carbocycles. The second-order valence-corrected chi connectivity index (χ2v) is 3.61. The van der Waals surface area contributed by atoms with Crippen LogP contribution in [0.5, 0.6) is 0 Å². The van der Waals surface area contributed by atoms with Gasteiger partial charge in [-0.05, 0) is 23.9 Å². The zero-order valence-corrected chi connectivity index (χ0v) is 7.85. The fourth-order valence-corrected chi connectivity index (χ4v) is 2.03. The van der Waals surface area contributed by atoms with Crippen LogP contribution in [-0.2, 0) is 0 Å². The van der Waals surface area contributed by atoms with Crippen LogP contribution in [0.4, 0.5) is 0 Å². The Balaban J connectivity index is 2.48. The number of H-pyrrole nitrogens is 1. The molecular formula is C9H7N3S. The Morgan fingerprint density at radius 1 is 1.62 bits per heavy atom. The van der Waals surface area contributed by atoms with Gasteiger partial charge in [-0.2, -0.15) is 5.26 Å². The number of aromatic nitrogens is 2. The summed E-state index contributed by atoms with van der Waals surface area (Å²) < 4.78 is 0. The summed E-state index contributed by atoms with van der Waals surface area (Å²) in [4.78, 5) is 8.01. The lowest BCUT2D eigenvalue weighted by Gasteiger charge is -1.92. The van der Waals surface area contributed by atoms with Crippen molar-refractivity contribution in [1.29, 1.82) is 5.26 Å². The molecule has 0 fully saturated rings. The van der Waals surface area contributed by atoms with Crippen LogP contribution in [0, 0.1) is 18.3 Å². The van der Waals surface area contributed by atoms with Crippen LogP contribution in [0.3, 0.4) is 0 Å². The smallest absolute Gasteiger partial charge is 0.210 e. The topological polar surface area (TPSA) is 52.5 Å². The molecule has 0 unspecified atom stereocenters. The van der Waals surface area contributed by atoms with Gasteiger partial charge in [-0.25, -0.2) is 4.98 Å². The molecule has 3 nitrogen and oxygen atoms in total. The number of rotatable bonds is 1. The standard InChI is InChI=1S/C9H7N3S/c1-6-2-3-13-9(6)7-5-11-8(4-10)12-7/h2-3,5H,1H3,(H,11,12).